The number of pyridine rings is 1. The molecule has 6 bridgehead atoms. The Bertz CT molecular complexity index is 2430. The van der Waals surface area contributed by atoms with Gasteiger partial charge in [-0.2, -0.15) is 0 Å². The minimum Gasteiger partial charge on any atom is -0.464 e. The number of aromatic nitrogens is 3. The predicted molar refractivity (Wildman–Crippen MR) is 256 cm³/mol. The number of nitrogens with one attached hydrogen (secondary N) is 2. The number of aryl methyl sites for hydroxylation is 1. The summed E-state index contributed by atoms with van der Waals surface area (Å²) in [6, 6.07) is 7.15. The number of hydrogen-bond donors (Lipinski definition) is 2. The summed E-state index contributed by atoms with van der Waals surface area (Å²) in [4.78, 5) is 82.8. The Balaban J connectivity index is 1.39. The molecule has 1 aromatic carbocycles. The van der Waals surface area contributed by atoms with Crippen molar-refractivity contribution >= 4 is 52.0 Å². The molecule has 2 aliphatic rings. The second kappa shape index (κ2) is 21.3. The van der Waals surface area contributed by atoms with Gasteiger partial charge in [0.2, 0.25) is 11.8 Å². The number of carbonyl (C=O) groups is 5. The molecular formula is C49H67N9O7S. The zero-order valence-corrected chi connectivity index (χ0v) is 41.0. The number of fused-ring (bicyclic) bond motifs is 6. The number of rotatable bonds is 13. The van der Waals surface area contributed by atoms with Crippen LogP contribution < -0.4 is 10.7 Å². The van der Waals surface area contributed by atoms with Crippen LogP contribution in [0.1, 0.15) is 83.7 Å². The Morgan fingerprint density at radius 1 is 1.11 bits per heavy atom. The molecule has 4 aromatic rings. The van der Waals surface area contributed by atoms with Gasteiger partial charge in [0.25, 0.3) is 5.91 Å². The molecule has 2 N–H and O–H groups in total. The highest BCUT2D eigenvalue weighted by atomic mass is 32.1. The smallest absolute Gasteiger partial charge is 0.324 e. The maximum Gasteiger partial charge on any atom is 0.324 e. The van der Waals surface area contributed by atoms with E-state index in [2.05, 4.69) is 66.9 Å². The summed E-state index contributed by atoms with van der Waals surface area (Å²) in [7, 11) is 4.79. The SMILES string of the molecule is C=CC(=O)N(C)CCN(C)C(=O)N(C)[C@H](C(=O)N[C@H]1Cc2nc(cs2)-c2ccc3c(c2)c(c(-c2cccnc2[C@H](C)OCC)n3CC)CC(C)(C)COC(=O)[C@@H]2CCCN(N2)C1=O)C(C)C. The molecule has 2 aliphatic heterocycles. The van der Waals surface area contributed by atoms with Crippen LogP contribution in [-0.2, 0) is 48.0 Å². The van der Waals surface area contributed by atoms with E-state index in [0.717, 1.165) is 44.7 Å². The number of carbonyl (C=O) groups excluding carboxylic acids is 5. The highest BCUT2D eigenvalue weighted by Gasteiger charge is 2.38. The van der Waals surface area contributed by atoms with Gasteiger partial charge in [0, 0.05) is 99.4 Å². The van der Waals surface area contributed by atoms with Gasteiger partial charge in [-0.1, -0.05) is 40.3 Å². The van der Waals surface area contributed by atoms with Crippen LogP contribution in [0.25, 0.3) is 33.4 Å². The summed E-state index contributed by atoms with van der Waals surface area (Å²) in [5, 5.41) is 8.05. The fourth-order valence-electron chi connectivity index (χ4n) is 9.01. The molecule has 66 heavy (non-hydrogen) atoms. The first kappa shape index (κ1) is 49.8. The molecule has 0 saturated carbocycles. The second-order valence-corrected chi connectivity index (χ2v) is 19.4. The van der Waals surface area contributed by atoms with Gasteiger partial charge < -0.3 is 34.1 Å². The van der Waals surface area contributed by atoms with E-state index in [1.165, 1.54) is 37.1 Å². The Hall–Kier alpha value is -5.65. The van der Waals surface area contributed by atoms with E-state index in [1.54, 1.807) is 27.3 Å². The van der Waals surface area contributed by atoms with Gasteiger partial charge in [-0.25, -0.2) is 15.2 Å². The number of hydrazine groups is 1. The minimum absolute atomic E-state index is 0.0639. The first-order valence-corrected chi connectivity index (χ1v) is 23.8. The number of amides is 5. The van der Waals surface area contributed by atoms with Crippen LogP contribution in [-0.4, -0.2) is 136 Å². The van der Waals surface area contributed by atoms with Gasteiger partial charge >= 0.3 is 12.0 Å². The molecule has 3 aromatic heterocycles. The normalized spacial score (nSPS) is 18.6. The van der Waals surface area contributed by atoms with Crippen molar-refractivity contribution in [3.63, 3.8) is 0 Å². The summed E-state index contributed by atoms with van der Waals surface area (Å²) in [5.74, 6) is -2.02. The molecule has 1 saturated heterocycles. The van der Waals surface area contributed by atoms with E-state index in [4.69, 9.17) is 19.4 Å². The number of benzene rings is 1. The molecular weight excluding hydrogens is 859 g/mol. The van der Waals surface area contributed by atoms with Crippen LogP contribution in [0.15, 0.2) is 54.6 Å². The Morgan fingerprint density at radius 3 is 2.55 bits per heavy atom. The number of urea groups is 1. The molecule has 17 heteroatoms. The number of likely N-dealkylation sites (N-methyl/N-ethyl adjacent to an activating group) is 3. The van der Waals surface area contributed by atoms with Crippen molar-refractivity contribution in [3.8, 4) is 22.5 Å². The third-order valence-electron chi connectivity index (χ3n) is 12.5. The lowest BCUT2D eigenvalue weighted by Gasteiger charge is -2.37. The quantitative estimate of drug-likeness (QED) is 0.116. The highest BCUT2D eigenvalue weighted by Crippen LogP contribution is 2.42. The summed E-state index contributed by atoms with van der Waals surface area (Å²) >= 11 is 1.40. The van der Waals surface area contributed by atoms with Crippen LogP contribution in [0.4, 0.5) is 4.79 Å². The number of esters is 1. The third-order valence-corrected chi connectivity index (χ3v) is 13.4. The van der Waals surface area contributed by atoms with Crippen molar-refractivity contribution in [1.82, 2.24) is 45.0 Å². The van der Waals surface area contributed by atoms with Crippen molar-refractivity contribution in [2.45, 2.75) is 105 Å². The molecule has 0 unspecified atom stereocenters. The number of ether oxygens (including phenoxy) is 2. The van der Waals surface area contributed by atoms with Crippen LogP contribution in [0.5, 0.6) is 0 Å². The van der Waals surface area contributed by atoms with E-state index in [-0.39, 0.29) is 44.0 Å². The number of thiazole rings is 1. The highest BCUT2D eigenvalue weighted by molar-refractivity contribution is 7.10. The molecule has 0 spiro atoms. The van der Waals surface area contributed by atoms with Crippen molar-refractivity contribution in [2.75, 3.05) is 54.0 Å². The average molecular weight is 926 g/mol. The predicted octanol–water partition coefficient (Wildman–Crippen LogP) is 6.25. The molecule has 356 valence electrons. The first-order valence-electron chi connectivity index (χ1n) is 23.0. The summed E-state index contributed by atoms with van der Waals surface area (Å²) in [6.07, 6.45) is 4.40. The van der Waals surface area contributed by atoms with E-state index >= 15 is 0 Å². The van der Waals surface area contributed by atoms with Crippen molar-refractivity contribution in [1.29, 1.82) is 0 Å². The lowest BCUT2D eigenvalue weighted by atomic mass is 9.84. The van der Waals surface area contributed by atoms with Gasteiger partial charge in [0.1, 0.15) is 18.1 Å². The molecule has 0 aliphatic carbocycles. The molecule has 1 fully saturated rings. The van der Waals surface area contributed by atoms with Crippen LogP contribution in [0.3, 0.4) is 0 Å². The number of cyclic esters (lactones) is 1. The summed E-state index contributed by atoms with van der Waals surface area (Å²) in [6.45, 7) is 19.7. The Labute approximate surface area is 392 Å². The van der Waals surface area contributed by atoms with E-state index < -0.39 is 47.4 Å². The average Bonchev–Trinajstić information content (AvgIpc) is 3.89. The monoisotopic (exact) mass is 925 g/mol. The van der Waals surface area contributed by atoms with Gasteiger partial charge in [-0.15, -0.1) is 11.3 Å². The maximum atomic E-state index is 14.6. The standard InChI is InChI=1S/C49H67N9O7S/c1-12-41(59)54(9)23-24-55(10)48(63)56(11)43(30(4)5)45(60)52-37-26-40-51-38(28-66-40)32-19-20-39-34(25-32)35(44(57(39)13-2)33-17-15-21-50-42(33)31(6)64-14-3)27-49(7,8)29-65-47(62)36-18-16-22-58(53-36)46(37)61/h12,15,17,19-21,25,28,30-31,36-37,43,53H,1,13-14,16,18,22-24,26-27,29H2,2-11H3,(H,52,60)/t31-,36-,37-,43-/m0/s1. The Morgan fingerprint density at radius 2 is 1.85 bits per heavy atom. The van der Waals surface area contributed by atoms with Gasteiger partial charge in [0.05, 0.1) is 34.8 Å². The summed E-state index contributed by atoms with van der Waals surface area (Å²) < 4.78 is 14.5. The molecule has 5 heterocycles. The van der Waals surface area contributed by atoms with Crippen LogP contribution in [0, 0.1) is 11.3 Å². The van der Waals surface area contributed by atoms with E-state index in [9.17, 15) is 24.0 Å². The zero-order valence-electron chi connectivity index (χ0n) is 40.2. The van der Waals surface area contributed by atoms with E-state index in [1.807, 2.05) is 39.1 Å². The topological polar surface area (TPSA) is 172 Å². The van der Waals surface area contributed by atoms with Gasteiger partial charge in [-0.05, 0) is 81.9 Å². The van der Waals surface area contributed by atoms with Crippen molar-refractivity contribution in [2.24, 2.45) is 11.3 Å². The van der Waals surface area contributed by atoms with Crippen LogP contribution >= 0.6 is 11.3 Å². The fraction of sp³-hybridized carbons (Fsp3) is 0.531. The van der Waals surface area contributed by atoms with Crippen molar-refractivity contribution in [3.05, 3.63) is 70.8 Å². The number of hydrogen-bond acceptors (Lipinski definition) is 11. The Kier molecular flexibility index (Phi) is 16.1. The zero-order chi connectivity index (χ0) is 48.0. The fourth-order valence-corrected chi connectivity index (χ4v) is 9.86. The van der Waals surface area contributed by atoms with Crippen molar-refractivity contribution < 1.29 is 33.4 Å². The van der Waals surface area contributed by atoms with Gasteiger partial charge in [-0.3, -0.25) is 29.2 Å². The molecule has 0 radical (unpaired) electrons. The molecule has 16 nitrogen and oxygen atoms in total. The largest absolute Gasteiger partial charge is 0.464 e. The van der Waals surface area contributed by atoms with Gasteiger partial charge in [0.15, 0.2) is 0 Å². The summed E-state index contributed by atoms with van der Waals surface area (Å²) in [5.41, 5.74) is 9.26. The van der Waals surface area contributed by atoms with E-state index in [0.29, 0.717) is 44.0 Å². The lowest BCUT2D eigenvalue weighted by molar-refractivity contribution is -0.155. The first-order chi connectivity index (χ1) is 31.4. The second-order valence-electron chi connectivity index (χ2n) is 18.5. The maximum absolute atomic E-state index is 14.6. The lowest BCUT2D eigenvalue weighted by Crippen LogP contribution is -2.62. The minimum atomic E-state index is -1.10. The number of nitrogens with zero attached hydrogens (tertiary/aromatic N) is 7. The third kappa shape index (κ3) is 11.0. The molecule has 4 atom stereocenters. The molecule has 6 rings (SSSR count). The van der Waals surface area contributed by atoms with Crippen LogP contribution in [0.2, 0.25) is 0 Å². The molecule has 5 amide bonds.